The Morgan fingerprint density at radius 3 is 1.55 bits per heavy atom. The quantitative estimate of drug-likeness (QED) is 0.308. The molecule has 0 nitrogen and oxygen atoms in total. The van der Waals surface area contributed by atoms with Crippen LogP contribution in [0.3, 0.4) is 0 Å². The fraction of sp³-hybridized carbons (Fsp3) is 0.231. The molecule has 0 aromatic heterocycles. The summed E-state index contributed by atoms with van der Waals surface area (Å²) in [5, 5.41) is 4.72. The summed E-state index contributed by atoms with van der Waals surface area (Å²) in [7, 11) is -1.57. The van der Waals surface area contributed by atoms with Crippen LogP contribution in [0.4, 0.5) is 0 Å². The number of hydrogen-bond donors (Lipinski definition) is 0. The Kier molecular flexibility index (Phi) is 10.4. The first-order valence-corrected chi connectivity index (χ1v) is 12.6. The number of rotatable bonds is 3. The normalized spacial score (nSPS) is 14.5. The van der Waals surface area contributed by atoms with Crippen LogP contribution in [0.25, 0.3) is 5.20 Å². The molecule has 1 aliphatic carbocycles. The van der Waals surface area contributed by atoms with Crippen LogP contribution >= 0.6 is 0 Å². The number of hydrogen-bond acceptors (Lipinski definition) is 0. The molecule has 4 rings (SSSR count). The Morgan fingerprint density at radius 2 is 1.10 bits per heavy atom. The third kappa shape index (κ3) is 5.58. The van der Waals surface area contributed by atoms with Gasteiger partial charge < -0.3 is 37.2 Å². The molecular weight excluding hydrogens is 495 g/mol. The van der Waals surface area contributed by atoms with Crippen molar-refractivity contribution in [3.05, 3.63) is 97.9 Å². The van der Waals surface area contributed by atoms with Gasteiger partial charge in [-0.25, -0.2) is 0 Å². The monoisotopic (exact) mass is 520 g/mol. The molecule has 0 saturated heterocycles. The van der Waals surface area contributed by atoms with Gasteiger partial charge in [0.1, 0.15) is 0 Å². The van der Waals surface area contributed by atoms with Crippen LogP contribution in [0.2, 0.25) is 0 Å². The summed E-state index contributed by atoms with van der Waals surface area (Å²) < 4.78 is 1.57. The average Bonchev–Trinajstić information content (AvgIpc) is 2.86. The molecule has 0 amide bonds. The number of aryl methyl sites for hydroxylation is 4. The summed E-state index contributed by atoms with van der Waals surface area (Å²) in [6.07, 6.45) is 0. The van der Waals surface area contributed by atoms with Crippen LogP contribution in [0.15, 0.2) is 64.5 Å². The molecule has 1 unspecified atom stereocenters. The first-order chi connectivity index (χ1) is 13.3. The Bertz CT molecular complexity index is 1020. The Labute approximate surface area is 219 Å². The molecule has 0 N–H and O–H groups in total. The Hall–Kier alpha value is -0.799. The van der Waals surface area contributed by atoms with Crippen LogP contribution in [0, 0.1) is 27.7 Å². The minimum atomic E-state index is -1.57. The zero-order valence-electron chi connectivity index (χ0n) is 18.6. The van der Waals surface area contributed by atoms with E-state index in [0.29, 0.717) is 5.92 Å². The van der Waals surface area contributed by atoms with Crippen LogP contribution in [0.5, 0.6) is 0 Å². The molecule has 31 heavy (non-hydrogen) atoms. The van der Waals surface area contributed by atoms with E-state index in [1.165, 1.54) is 33.4 Å². The summed E-state index contributed by atoms with van der Waals surface area (Å²) in [4.78, 5) is 0. The minimum Gasteiger partial charge on any atom is -1.00 e. The Balaban J connectivity index is 0.00000160. The van der Waals surface area contributed by atoms with E-state index in [1.807, 2.05) is 0 Å². The average molecular weight is 522 g/mol. The molecule has 0 radical (unpaired) electrons. The van der Waals surface area contributed by atoms with Gasteiger partial charge in [0, 0.05) is 0 Å². The van der Waals surface area contributed by atoms with Gasteiger partial charge in [-0.15, -0.1) is 0 Å². The van der Waals surface area contributed by atoms with Gasteiger partial charge in [-0.3, -0.25) is 0 Å². The number of halogens is 3. The third-order valence-corrected chi connectivity index (χ3v) is 10.6. The van der Waals surface area contributed by atoms with Crippen molar-refractivity contribution in [3.63, 3.8) is 0 Å². The van der Waals surface area contributed by atoms with E-state index in [1.54, 1.807) is 19.4 Å². The van der Waals surface area contributed by atoms with Crippen molar-refractivity contribution in [1.29, 1.82) is 0 Å². The van der Waals surface area contributed by atoms with Crippen molar-refractivity contribution < 1.29 is 57.7 Å². The molecule has 3 aromatic rings. The third-order valence-electron chi connectivity index (χ3n) is 5.88. The van der Waals surface area contributed by atoms with Gasteiger partial charge in [-0.1, -0.05) is 0 Å². The van der Waals surface area contributed by atoms with Crippen LogP contribution in [-0.4, -0.2) is 8.80 Å². The molecule has 0 saturated carbocycles. The fourth-order valence-corrected chi connectivity index (χ4v) is 9.88. The zero-order valence-corrected chi connectivity index (χ0v) is 23.5. The van der Waals surface area contributed by atoms with Gasteiger partial charge in [-0.05, 0) is 0 Å². The molecule has 0 fully saturated rings. The van der Waals surface area contributed by atoms with Crippen molar-refractivity contribution in [1.82, 2.24) is 0 Å². The molecule has 0 aliphatic heterocycles. The SMILES string of the molecule is Cc1cc(C)cc([SiH](C2=[C]([Ti+3])C(C)c3ccccc32)c2cc(C)cc(C)c2)c1.[Cl-].[Cl-].[Cl-]. The molecule has 3 aromatic carbocycles. The second-order valence-corrected chi connectivity index (χ2v) is 12.0. The number of fused-ring (bicyclic) bond motifs is 1. The standard InChI is InChI=1S/C26H27Si.3ClH.Ti/c1-17-10-18(2)13-22(12-17)27(23-14-19(3)11-20(4)15-23)26-16-21(5)24-8-6-7-9-25(24)26;;;;/h6-15,21,27H,1-5H3;3*1H;/q;;;;+3/p-3. The predicted molar refractivity (Wildman–Crippen MR) is 120 cm³/mol. The van der Waals surface area contributed by atoms with E-state index in [4.69, 9.17) is 0 Å². The minimum absolute atomic E-state index is 0. The second kappa shape index (κ2) is 11.4. The van der Waals surface area contributed by atoms with Crippen LogP contribution in [-0.2, 0) is 20.4 Å². The topological polar surface area (TPSA) is 0 Å². The van der Waals surface area contributed by atoms with Crippen molar-refractivity contribution in [3.8, 4) is 0 Å². The van der Waals surface area contributed by atoms with Crippen LogP contribution < -0.4 is 47.6 Å². The number of allylic oxidation sites excluding steroid dienone is 1. The van der Waals surface area contributed by atoms with Crippen molar-refractivity contribution in [2.24, 2.45) is 0 Å². The summed E-state index contributed by atoms with van der Waals surface area (Å²) in [6.45, 7) is 11.3. The van der Waals surface area contributed by atoms with Gasteiger partial charge in [0.05, 0.1) is 0 Å². The molecule has 0 heterocycles. The van der Waals surface area contributed by atoms with Gasteiger partial charge in [0.2, 0.25) is 0 Å². The zero-order chi connectivity index (χ0) is 20.0. The maximum absolute atomic E-state index is 2.44. The molecule has 0 bridgehead atoms. The van der Waals surface area contributed by atoms with E-state index < -0.39 is 8.80 Å². The molecule has 1 atom stereocenters. The van der Waals surface area contributed by atoms with Gasteiger partial charge in [-0.2, -0.15) is 0 Å². The molecule has 0 spiro atoms. The summed E-state index contributed by atoms with van der Waals surface area (Å²) in [6, 6.07) is 23.4. The fourth-order valence-electron chi connectivity index (χ4n) is 4.84. The van der Waals surface area contributed by atoms with Gasteiger partial charge >= 0.3 is 183 Å². The summed E-state index contributed by atoms with van der Waals surface area (Å²) >= 11 is 2.37. The molecule has 1 aliphatic rings. The summed E-state index contributed by atoms with van der Waals surface area (Å²) in [5.41, 5.74) is 8.47. The van der Waals surface area contributed by atoms with E-state index in [2.05, 4.69) is 116 Å². The van der Waals surface area contributed by atoms with E-state index in [0.717, 1.165) is 0 Å². The summed E-state index contributed by atoms with van der Waals surface area (Å²) in [5.74, 6) is 0.512. The largest absolute Gasteiger partial charge is 1.00 e. The van der Waals surface area contributed by atoms with Gasteiger partial charge in [0.15, 0.2) is 0 Å². The molecule has 5 heteroatoms. The van der Waals surface area contributed by atoms with Gasteiger partial charge in [0.25, 0.3) is 0 Å². The van der Waals surface area contributed by atoms with Crippen molar-refractivity contribution in [2.45, 2.75) is 40.5 Å². The van der Waals surface area contributed by atoms with E-state index in [-0.39, 0.29) is 37.2 Å². The maximum Gasteiger partial charge on any atom is -1.00 e. The molecular formula is C26H27Cl3SiTi. The number of benzene rings is 3. The first kappa shape index (κ1) is 28.2. The first-order valence-electron chi connectivity index (χ1n) is 10.1. The van der Waals surface area contributed by atoms with E-state index in [9.17, 15) is 0 Å². The van der Waals surface area contributed by atoms with Crippen LogP contribution in [0.1, 0.15) is 46.2 Å². The maximum atomic E-state index is 2.44. The predicted octanol–water partition coefficient (Wildman–Crippen LogP) is -4.11. The van der Waals surface area contributed by atoms with Crippen molar-refractivity contribution in [2.75, 3.05) is 0 Å². The van der Waals surface area contributed by atoms with Crippen molar-refractivity contribution >= 4 is 24.4 Å². The van der Waals surface area contributed by atoms with E-state index >= 15 is 0 Å². The Morgan fingerprint density at radius 1 is 0.677 bits per heavy atom. The molecule has 160 valence electrons. The smallest absolute Gasteiger partial charge is 1.00 e. The second-order valence-electron chi connectivity index (χ2n) is 8.41.